The molecule has 1 fully saturated rings. The summed E-state index contributed by atoms with van der Waals surface area (Å²) in [6.45, 7) is 4.90. The van der Waals surface area contributed by atoms with Crippen LogP contribution in [0.15, 0.2) is 41.6 Å². The monoisotopic (exact) mass is 694 g/mol. The molecule has 244 valence electrons. The topological polar surface area (TPSA) is 154 Å². The van der Waals surface area contributed by atoms with Gasteiger partial charge in [0.2, 0.25) is 0 Å². The standard InChI is InChI=1S/C29H29ClF2N6O6S2/c1-12(39)26-27(43-4)24(37-11-15(10-33-37)16-6-7-17(30)23(32)22(16)31)25(40)28(44-26)29-34-13(2)36-38(29)19-9-20-18(35-14(3)45-20)8-21(19)46(5,41)42/h6-12,24-28,39-40H,1-5H3/t12?,24?,25?,26?,27-,28-/m1/s1. The third-order valence-corrected chi connectivity index (χ3v) is 10.2. The van der Waals surface area contributed by atoms with E-state index in [4.69, 9.17) is 21.1 Å². The highest BCUT2D eigenvalue weighted by atomic mass is 35.5. The summed E-state index contributed by atoms with van der Waals surface area (Å²) in [5, 5.41) is 31.9. The van der Waals surface area contributed by atoms with Crippen LogP contribution in [0.3, 0.4) is 0 Å². The van der Waals surface area contributed by atoms with Crippen LogP contribution in [0.2, 0.25) is 5.02 Å². The van der Waals surface area contributed by atoms with Crippen LogP contribution >= 0.6 is 22.9 Å². The number of rotatable bonds is 7. The van der Waals surface area contributed by atoms with Gasteiger partial charge >= 0.3 is 0 Å². The molecule has 1 aliphatic rings. The van der Waals surface area contributed by atoms with Gasteiger partial charge in [-0.05, 0) is 45.0 Å². The van der Waals surface area contributed by atoms with Crippen LogP contribution in [-0.2, 0) is 19.3 Å². The molecular formula is C29H29ClF2N6O6S2. The Hall–Kier alpha value is -3.38. The largest absolute Gasteiger partial charge is 0.391 e. The number of sulfone groups is 1. The molecule has 4 heterocycles. The van der Waals surface area contributed by atoms with Gasteiger partial charge in [-0.15, -0.1) is 11.3 Å². The van der Waals surface area contributed by atoms with E-state index in [1.54, 1.807) is 13.0 Å². The van der Waals surface area contributed by atoms with Crippen molar-refractivity contribution >= 4 is 43.0 Å². The van der Waals surface area contributed by atoms with Crippen LogP contribution in [-0.4, -0.2) is 85.9 Å². The van der Waals surface area contributed by atoms with Gasteiger partial charge < -0.3 is 19.7 Å². The number of aryl methyl sites for hydroxylation is 2. The molecule has 0 amide bonds. The maximum Gasteiger partial charge on any atom is 0.178 e. The Morgan fingerprint density at radius 1 is 1.17 bits per heavy atom. The molecule has 4 unspecified atom stereocenters. The number of thiazole rings is 1. The molecule has 1 saturated heterocycles. The Kier molecular flexibility index (Phi) is 8.50. The normalized spacial score (nSPS) is 22.9. The number of aromatic nitrogens is 6. The van der Waals surface area contributed by atoms with E-state index in [0.29, 0.717) is 10.2 Å². The molecule has 0 saturated carbocycles. The molecule has 0 spiro atoms. The molecule has 0 radical (unpaired) electrons. The molecule has 2 aromatic carbocycles. The third-order valence-electron chi connectivity index (χ3n) is 7.82. The van der Waals surface area contributed by atoms with Gasteiger partial charge in [-0.25, -0.2) is 31.8 Å². The predicted octanol–water partition coefficient (Wildman–Crippen LogP) is 4.13. The number of methoxy groups -OCH3 is 1. The second-order valence-electron chi connectivity index (χ2n) is 11.1. The summed E-state index contributed by atoms with van der Waals surface area (Å²) >= 11 is 7.10. The first-order valence-corrected chi connectivity index (χ1v) is 17.1. The third kappa shape index (κ3) is 5.61. The highest BCUT2D eigenvalue weighted by Gasteiger charge is 2.51. The molecule has 17 heteroatoms. The molecule has 12 nitrogen and oxygen atoms in total. The lowest BCUT2D eigenvalue weighted by Crippen LogP contribution is -2.56. The highest BCUT2D eigenvalue weighted by molar-refractivity contribution is 7.90. The first-order chi connectivity index (χ1) is 21.7. The zero-order chi connectivity index (χ0) is 33.2. The maximum absolute atomic E-state index is 14.8. The van der Waals surface area contributed by atoms with Crippen molar-refractivity contribution in [3.05, 3.63) is 70.0 Å². The van der Waals surface area contributed by atoms with Crippen LogP contribution in [0.4, 0.5) is 8.78 Å². The van der Waals surface area contributed by atoms with Crippen LogP contribution < -0.4 is 0 Å². The molecular weight excluding hydrogens is 666 g/mol. The zero-order valence-corrected chi connectivity index (χ0v) is 27.5. The fourth-order valence-corrected chi connectivity index (χ4v) is 7.62. The van der Waals surface area contributed by atoms with E-state index in [2.05, 4.69) is 20.2 Å². The summed E-state index contributed by atoms with van der Waals surface area (Å²) in [7, 11) is -2.43. The highest BCUT2D eigenvalue weighted by Crippen LogP contribution is 2.42. The Morgan fingerprint density at radius 3 is 2.59 bits per heavy atom. The Labute approximate surface area is 271 Å². The van der Waals surface area contributed by atoms with Gasteiger partial charge in [-0.3, -0.25) is 4.68 Å². The summed E-state index contributed by atoms with van der Waals surface area (Å²) < 4.78 is 70.4. The van der Waals surface area contributed by atoms with E-state index in [9.17, 15) is 27.4 Å². The number of hydrogen-bond acceptors (Lipinski definition) is 11. The number of fused-ring (bicyclic) bond motifs is 1. The van der Waals surface area contributed by atoms with E-state index >= 15 is 0 Å². The first kappa shape index (κ1) is 32.6. The van der Waals surface area contributed by atoms with Crippen molar-refractivity contribution in [2.45, 2.75) is 62.2 Å². The van der Waals surface area contributed by atoms with Crippen molar-refractivity contribution in [2.75, 3.05) is 13.4 Å². The predicted molar refractivity (Wildman–Crippen MR) is 165 cm³/mol. The summed E-state index contributed by atoms with van der Waals surface area (Å²) in [5.41, 5.74) is 0.759. The number of benzene rings is 2. The lowest BCUT2D eigenvalue weighted by atomic mass is 9.89. The quantitative estimate of drug-likeness (QED) is 0.238. The van der Waals surface area contributed by atoms with Crippen molar-refractivity contribution < 1.29 is 36.9 Å². The van der Waals surface area contributed by atoms with Crippen molar-refractivity contribution in [3.8, 4) is 16.8 Å². The van der Waals surface area contributed by atoms with Crippen molar-refractivity contribution in [3.63, 3.8) is 0 Å². The summed E-state index contributed by atoms with van der Waals surface area (Å²) in [5.74, 6) is -2.07. The lowest BCUT2D eigenvalue weighted by molar-refractivity contribution is -0.230. The van der Waals surface area contributed by atoms with E-state index in [1.165, 1.54) is 65.3 Å². The molecule has 46 heavy (non-hydrogen) atoms. The molecule has 0 aliphatic carbocycles. The van der Waals surface area contributed by atoms with Gasteiger partial charge in [0.15, 0.2) is 27.3 Å². The summed E-state index contributed by atoms with van der Waals surface area (Å²) in [4.78, 5) is 8.89. The van der Waals surface area contributed by atoms with Crippen LogP contribution in [0.1, 0.15) is 35.7 Å². The minimum absolute atomic E-state index is 0.0545. The van der Waals surface area contributed by atoms with Gasteiger partial charge in [-0.2, -0.15) is 10.2 Å². The van der Waals surface area contributed by atoms with Crippen LogP contribution in [0, 0.1) is 25.5 Å². The van der Waals surface area contributed by atoms with E-state index in [1.807, 2.05) is 6.92 Å². The SMILES string of the molecule is CO[C@H]1C(C(C)O)O[C@@H](c2nc(C)nn2-c2cc3sc(C)nc3cc2S(C)(=O)=O)C(O)C1n1cc(-c2ccc(Cl)c(F)c2F)cn1. The average molecular weight is 695 g/mol. The molecule has 0 bridgehead atoms. The van der Waals surface area contributed by atoms with Gasteiger partial charge in [0.05, 0.1) is 43.1 Å². The molecule has 1 aliphatic heterocycles. The first-order valence-electron chi connectivity index (χ1n) is 14.0. The smallest absolute Gasteiger partial charge is 0.178 e. The van der Waals surface area contributed by atoms with E-state index in [-0.39, 0.29) is 38.4 Å². The lowest BCUT2D eigenvalue weighted by Gasteiger charge is -2.45. The van der Waals surface area contributed by atoms with Crippen molar-refractivity contribution in [1.29, 1.82) is 0 Å². The van der Waals surface area contributed by atoms with Crippen LogP contribution in [0.5, 0.6) is 0 Å². The van der Waals surface area contributed by atoms with Gasteiger partial charge in [0, 0.05) is 30.7 Å². The molecule has 6 rings (SSSR count). The fourth-order valence-electron chi connectivity index (χ4n) is 5.78. The minimum atomic E-state index is -3.81. The van der Waals surface area contributed by atoms with E-state index < -0.39 is 58.0 Å². The number of ether oxygens (including phenoxy) is 2. The Balaban J connectivity index is 1.49. The molecule has 6 atom stereocenters. The van der Waals surface area contributed by atoms with Gasteiger partial charge in [-0.1, -0.05) is 11.6 Å². The zero-order valence-electron chi connectivity index (χ0n) is 25.1. The number of nitrogens with zero attached hydrogens (tertiary/aromatic N) is 6. The minimum Gasteiger partial charge on any atom is -0.391 e. The number of aliphatic hydroxyl groups is 2. The summed E-state index contributed by atoms with van der Waals surface area (Å²) in [6, 6.07) is 4.59. The average Bonchev–Trinajstić information content (AvgIpc) is 3.71. The van der Waals surface area contributed by atoms with Gasteiger partial charge in [0.1, 0.15) is 36.3 Å². The molecule has 2 N–H and O–H groups in total. The van der Waals surface area contributed by atoms with Crippen molar-refractivity contribution in [2.24, 2.45) is 0 Å². The molecule has 3 aromatic heterocycles. The maximum atomic E-state index is 14.8. The van der Waals surface area contributed by atoms with Gasteiger partial charge in [0.25, 0.3) is 0 Å². The van der Waals surface area contributed by atoms with Crippen molar-refractivity contribution in [1.82, 2.24) is 29.5 Å². The Bertz CT molecular complexity index is 2070. The van der Waals surface area contributed by atoms with E-state index in [0.717, 1.165) is 11.3 Å². The number of hydrogen-bond donors (Lipinski definition) is 2. The fraction of sp³-hybridized carbons (Fsp3) is 0.379. The second kappa shape index (κ2) is 12.0. The number of halogens is 3. The van der Waals surface area contributed by atoms with Crippen LogP contribution in [0.25, 0.3) is 27.0 Å². The second-order valence-corrected chi connectivity index (χ2v) is 14.7. The molecule has 5 aromatic rings. The Morgan fingerprint density at radius 2 is 1.91 bits per heavy atom. The summed E-state index contributed by atoms with van der Waals surface area (Å²) in [6.07, 6.45) is -2.15. The number of aliphatic hydroxyl groups excluding tert-OH is 2.